The monoisotopic (exact) mass is 284 g/mol. The lowest BCUT2D eigenvalue weighted by Crippen LogP contribution is -2.34. The Bertz CT molecular complexity index is 514. The molecule has 3 N–H and O–H groups in total. The average Bonchev–Trinajstić information content (AvgIpc) is 2.28. The Morgan fingerprint density at radius 2 is 1.84 bits per heavy atom. The molecule has 0 radical (unpaired) electrons. The quantitative estimate of drug-likeness (QED) is 0.872. The van der Waals surface area contributed by atoms with Crippen molar-refractivity contribution in [3.63, 3.8) is 0 Å². The minimum atomic E-state index is -3.43. The van der Waals surface area contributed by atoms with Gasteiger partial charge in [-0.15, -0.1) is 0 Å². The van der Waals surface area contributed by atoms with Crippen molar-refractivity contribution >= 4 is 15.7 Å². The van der Waals surface area contributed by atoms with Crippen LogP contribution in [0.25, 0.3) is 0 Å². The summed E-state index contributed by atoms with van der Waals surface area (Å²) in [5, 5.41) is -0.555. The first kappa shape index (κ1) is 16.0. The molecule has 0 heterocycles. The number of hydrogen-bond donors (Lipinski definition) is 2. The third kappa shape index (κ3) is 3.94. The molecule has 0 bridgehead atoms. The highest BCUT2D eigenvalue weighted by Crippen LogP contribution is 2.30. The van der Waals surface area contributed by atoms with Gasteiger partial charge in [-0.1, -0.05) is 45.9 Å². The maximum Gasteiger partial charge on any atom is 0.236 e. The fraction of sp³-hybridized carbons (Fsp3) is 0.571. The van der Waals surface area contributed by atoms with Crippen molar-refractivity contribution < 1.29 is 8.42 Å². The van der Waals surface area contributed by atoms with Gasteiger partial charge in [-0.2, -0.15) is 0 Å². The first-order valence-corrected chi connectivity index (χ1v) is 8.08. The largest absolute Gasteiger partial charge is 0.329 e. The van der Waals surface area contributed by atoms with Gasteiger partial charge < -0.3 is 5.73 Å². The van der Waals surface area contributed by atoms with E-state index < -0.39 is 15.3 Å². The number of sulfonamides is 1. The molecule has 1 unspecified atom stereocenters. The first-order chi connectivity index (χ1) is 8.72. The normalized spacial score (nSPS) is 14.2. The smallest absolute Gasteiger partial charge is 0.236 e. The van der Waals surface area contributed by atoms with E-state index in [1.165, 1.54) is 0 Å². The summed E-state index contributed by atoms with van der Waals surface area (Å²) < 4.78 is 27.2. The molecule has 1 atom stereocenters. The molecule has 0 aliphatic heterocycles. The van der Waals surface area contributed by atoms with Crippen LogP contribution >= 0.6 is 0 Å². The second kappa shape index (κ2) is 5.92. The van der Waals surface area contributed by atoms with Crippen molar-refractivity contribution in [1.82, 2.24) is 0 Å². The second-order valence-electron chi connectivity index (χ2n) is 5.71. The summed E-state index contributed by atoms with van der Waals surface area (Å²) >= 11 is 0. The number of para-hydroxylation sites is 1. The summed E-state index contributed by atoms with van der Waals surface area (Å²) in [5.41, 5.74) is 7.02. The molecule has 5 heteroatoms. The number of anilines is 1. The highest BCUT2D eigenvalue weighted by atomic mass is 32.2. The molecule has 1 aromatic carbocycles. The van der Waals surface area contributed by atoms with E-state index >= 15 is 0 Å². The van der Waals surface area contributed by atoms with Crippen LogP contribution in [0.1, 0.15) is 39.7 Å². The van der Waals surface area contributed by atoms with Gasteiger partial charge in [0.15, 0.2) is 0 Å². The molecule has 0 saturated carbocycles. The van der Waals surface area contributed by atoms with Crippen LogP contribution in [0, 0.1) is 0 Å². The van der Waals surface area contributed by atoms with Gasteiger partial charge in [0, 0.05) is 6.54 Å². The van der Waals surface area contributed by atoms with Crippen molar-refractivity contribution in [2.45, 2.75) is 44.8 Å². The molecule has 0 saturated heterocycles. The van der Waals surface area contributed by atoms with Crippen LogP contribution < -0.4 is 10.5 Å². The molecule has 4 nitrogen and oxygen atoms in total. The zero-order valence-corrected chi connectivity index (χ0v) is 12.9. The van der Waals surface area contributed by atoms with Crippen LogP contribution in [0.3, 0.4) is 0 Å². The molecule has 0 amide bonds. The Labute approximate surface area is 116 Å². The van der Waals surface area contributed by atoms with Crippen molar-refractivity contribution in [2.24, 2.45) is 5.73 Å². The van der Waals surface area contributed by atoms with Gasteiger partial charge in [-0.3, -0.25) is 4.72 Å². The maximum absolute atomic E-state index is 12.3. The second-order valence-corrected chi connectivity index (χ2v) is 7.67. The predicted octanol–water partition coefficient (Wildman–Crippen LogP) is 2.46. The van der Waals surface area contributed by atoms with Gasteiger partial charge in [-0.05, 0) is 23.5 Å². The average molecular weight is 284 g/mol. The molecule has 0 aliphatic rings. The lowest BCUT2D eigenvalue weighted by Gasteiger charge is -2.24. The van der Waals surface area contributed by atoms with Crippen LogP contribution in [0.4, 0.5) is 5.69 Å². The molecule has 1 rings (SSSR count). The lowest BCUT2D eigenvalue weighted by molar-refractivity contribution is 0.579. The summed E-state index contributed by atoms with van der Waals surface area (Å²) in [4.78, 5) is 0. The third-order valence-corrected chi connectivity index (χ3v) is 5.05. The molecular formula is C14H24N2O2S. The molecule has 19 heavy (non-hydrogen) atoms. The molecule has 0 fully saturated rings. The van der Waals surface area contributed by atoms with Gasteiger partial charge in [0.1, 0.15) is 0 Å². The summed E-state index contributed by atoms with van der Waals surface area (Å²) in [5.74, 6) is 0. The number of nitrogens with one attached hydrogen (secondary N) is 1. The highest BCUT2D eigenvalue weighted by Gasteiger charge is 2.25. The predicted molar refractivity (Wildman–Crippen MR) is 80.8 cm³/mol. The van der Waals surface area contributed by atoms with E-state index in [1.54, 1.807) is 6.07 Å². The Hall–Kier alpha value is -1.07. The minimum Gasteiger partial charge on any atom is -0.329 e. The molecular weight excluding hydrogens is 260 g/mol. The van der Waals surface area contributed by atoms with Crippen molar-refractivity contribution in [2.75, 3.05) is 11.3 Å². The van der Waals surface area contributed by atoms with Gasteiger partial charge >= 0.3 is 0 Å². The van der Waals surface area contributed by atoms with Crippen LogP contribution in [-0.2, 0) is 15.4 Å². The van der Waals surface area contributed by atoms with Crippen molar-refractivity contribution in [3.8, 4) is 0 Å². The molecule has 1 aromatic rings. The summed E-state index contributed by atoms with van der Waals surface area (Å²) in [6.07, 6.45) is 0.503. The van der Waals surface area contributed by atoms with Crippen LogP contribution in [0.2, 0.25) is 0 Å². The Morgan fingerprint density at radius 3 is 2.32 bits per heavy atom. The Balaban J connectivity index is 3.14. The van der Waals surface area contributed by atoms with E-state index in [0.29, 0.717) is 12.1 Å². The summed E-state index contributed by atoms with van der Waals surface area (Å²) in [6.45, 7) is 8.12. The molecule has 0 aliphatic carbocycles. The van der Waals surface area contributed by atoms with E-state index in [1.807, 2.05) is 25.1 Å². The van der Waals surface area contributed by atoms with Crippen LogP contribution in [0.5, 0.6) is 0 Å². The zero-order chi connectivity index (χ0) is 14.7. The van der Waals surface area contributed by atoms with Crippen LogP contribution in [-0.4, -0.2) is 20.2 Å². The van der Waals surface area contributed by atoms with E-state index in [2.05, 4.69) is 25.5 Å². The third-order valence-electron chi connectivity index (χ3n) is 3.14. The standard InChI is InChI=1S/C14H24N2O2S/c1-5-11(10-15)19(17,18)16-13-9-7-6-8-12(13)14(2,3)4/h6-9,11,16H,5,10,15H2,1-4H3. The number of benzene rings is 1. The van der Waals surface area contributed by atoms with Gasteiger partial charge in [-0.25, -0.2) is 8.42 Å². The molecule has 0 aromatic heterocycles. The van der Waals surface area contributed by atoms with Gasteiger partial charge in [0.25, 0.3) is 0 Å². The minimum absolute atomic E-state index is 0.121. The van der Waals surface area contributed by atoms with Crippen molar-refractivity contribution in [1.29, 1.82) is 0 Å². The lowest BCUT2D eigenvalue weighted by atomic mass is 9.86. The maximum atomic E-state index is 12.3. The van der Waals surface area contributed by atoms with Crippen molar-refractivity contribution in [3.05, 3.63) is 29.8 Å². The fourth-order valence-electron chi connectivity index (χ4n) is 1.98. The van der Waals surface area contributed by atoms with Gasteiger partial charge in [0.2, 0.25) is 10.0 Å². The fourth-order valence-corrected chi connectivity index (χ4v) is 3.32. The number of hydrogen-bond acceptors (Lipinski definition) is 3. The first-order valence-electron chi connectivity index (χ1n) is 6.53. The van der Waals surface area contributed by atoms with E-state index in [4.69, 9.17) is 5.73 Å². The van der Waals surface area contributed by atoms with E-state index in [-0.39, 0.29) is 12.0 Å². The van der Waals surface area contributed by atoms with E-state index in [0.717, 1.165) is 5.56 Å². The number of nitrogens with two attached hydrogens (primary N) is 1. The Kier molecular flexibility index (Phi) is 4.98. The summed E-state index contributed by atoms with van der Waals surface area (Å²) in [6, 6.07) is 7.48. The molecule has 108 valence electrons. The zero-order valence-electron chi connectivity index (χ0n) is 12.1. The Morgan fingerprint density at radius 1 is 1.26 bits per heavy atom. The topological polar surface area (TPSA) is 72.2 Å². The molecule has 0 spiro atoms. The van der Waals surface area contributed by atoms with E-state index in [9.17, 15) is 8.42 Å². The SMILES string of the molecule is CCC(CN)S(=O)(=O)Nc1ccccc1C(C)(C)C. The van der Waals surface area contributed by atoms with Gasteiger partial charge in [0.05, 0.1) is 10.9 Å². The van der Waals surface area contributed by atoms with Crippen LogP contribution in [0.15, 0.2) is 24.3 Å². The number of rotatable bonds is 5. The highest BCUT2D eigenvalue weighted by molar-refractivity contribution is 7.93. The summed E-state index contributed by atoms with van der Waals surface area (Å²) in [7, 11) is -3.43.